The molecular weight excluding hydrogens is 173 g/mol. The van der Waals surface area contributed by atoms with Gasteiger partial charge in [-0.3, -0.25) is 0 Å². The first-order chi connectivity index (χ1) is 5.45. The molecule has 0 amide bonds. The predicted molar refractivity (Wildman–Crippen MR) is 34.8 cm³/mol. The lowest BCUT2D eigenvalue weighted by molar-refractivity contribution is -0.141. The van der Waals surface area contributed by atoms with Crippen LogP contribution in [0.4, 0.5) is 13.2 Å². The van der Waals surface area contributed by atoms with Crippen molar-refractivity contribution in [3.8, 4) is 5.88 Å². The van der Waals surface area contributed by atoms with Crippen LogP contribution in [0.2, 0.25) is 0 Å². The maximum atomic E-state index is 12.0. The van der Waals surface area contributed by atoms with E-state index in [0.717, 1.165) is 10.7 Å². The molecule has 0 radical (unpaired) electrons. The summed E-state index contributed by atoms with van der Waals surface area (Å²) in [6, 6.07) is 0.847. The van der Waals surface area contributed by atoms with E-state index in [0.29, 0.717) is 0 Å². The second kappa shape index (κ2) is 2.69. The van der Waals surface area contributed by atoms with Gasteiger partial charge in [0.2, 0.25) is 5.88 Å². The largest absolute Gasteiger partial charge is 0.481 e. The summed E-state index contributed by atoms with van der Waals surface area (Å²) in [6.07, 6.45) is -4.41. The quantitative estimate of drug-likeness (QED) is 0.654. The summed E-state index contributed by atoms with van der Waals surface area (Å²) >= 11 is 0. The van der Waals surface area contributed by atoms with E-state index in [1.54, 1.807) is 0 Å². The molecule has 0 aliphatic rings. The van der Waals surface area contributed by atoms with Crippen LogP contribution in [0.15, 0.2) is 6.07 Å². The molecule has 1 aromatic rings. The van der Waals surface area contributed by atoms with E-state index in [-0.39, 0.29) is 5.88 Å². The number of aryl methyl sites for hydroxylation is 1. The van der Waals surface area contributed by atoms with Crippen LogP contribution in [-0.2, 0) is 13.2 Å². The Morgan fingerprint density at radius 3 is 2.33 bits per heavy atom. The molecule has 0 unspecified atom stereocenters. The fourth-order valence-corrected chi connectivity index (χ4v) is 0.780. The van der Waals surface area contributed by atoms with Gasteiger partial charge in [-0.2, -0.15) is 18.3 Å². The van der Waals surface area contributed by atoms with Gasteiger partial charge >= 0.3 is 6.18 Å². The molecule has 6 heteroatoms. The van der Waals surface area contributed by atoms with Crippen molar-refractivity contribution in [2.75, 3.05) is 7.11 Å². The van der Waals surface area contributed by atoms with Gasteiger partial charge in [0.15, 0.2) is 5.69 Å². The number of alkyl halides is 3. The summed E-state index contributed by atoms with van der Waals surface area (Å²) in [5.74, 6) is 0.0855. The second-order valence-corrected chi connectivity index (χ2v) is 2.19. The Morgan fingerprint density at radius 2 is 2.08 bits per heavy atom. The van der Waals surface area contributed by atoms with Gasteiger partial charge < -0.3 is 4.74 Å². The number of methoxy groups -OCH3 is 1. The van der Waals surface area contributed by atoms with Gasteiger partial charge in [0.05, 0.1) is 7.11 Å². The van der Waals surface area contributed by atoms with E-state index < -0.39 is 11.9 Å². The van der Waals surface area contributed by atoms with Crippen molar-refractivity contribution in [3.63, 3.8) is 0 Å². The zero-order valence-electron chi connectivity index (χ0n) is 6.51. The molecular formula is C6H7F3N2O. The topological polar surface area (TPSA) is 27.1 Å². The summed E-state index contributed by atoms with van der Waals surface area (Å²) in [4.78, 5) is 0. The molecule has 68 valence electrons. The number of rotatable bonds is 1. The molecule has 0 saturated heterocycles. The molecule has 0 N–H and O–H groups in total. The summed E-state index contributed by atoms with van der Waals surface area (Å²) in [7, 11) is 2.67. The smallest absolute Gasteiger partial charge is 0.435 e. The molecule has 0 spiro atoms. The number of aromatic nitrogens is 2. The Morgan fingerprint density at radius 1 is 1.50 bits per heavy atom. The second-order valence-electron chi connectivity index (χ2n) is 2.19. The highest BCUT2D eigenvalue weighted by Crippen LogP contribution is 2.29. The highest BCUT2D eigenvalue weighted by atomic mass is 19.4. The third kappa shape index (κ3) is 1.51. The number of hydrogen-bond donors (Lipinski definition) is 0. The van der Waals surface area contributed by atoms with Crippen LogP contribution in [0.3, 0.4) is 0 Å². The zero-order chi connectivity index (χ0) is 9.35. The van der Waals surface area contributed by atoms with Crippen LogP contribution in [-0.4, -0.2) is 16.9 Å². The van der Waals surface area contributed by atoms with Gasteiger partial charge in [-0.15, -0.1) is 0 Å². The SMILES string of the molecule is COc1cc(C(F)(F)F)nn1C. The van der Waals surface area contributed by atoms with Crippen molar-refractivity contribution < 1.29 is 17.9 Å². The van der Waals surface area contributed by atoms with Crippen LogP contribution >= 0.6 is 0 Å². The van der Waals surface area contributed by atoms with E-state index >= 15 is 0 Å². The van der Waals surface area contributed by atoms with Crippen LogP contribution < -0.4 is 4.74 Å². The molecule has 12 heavy (non-hydrogen) atoms. The monoisotopic (exact) mass is 180 g/mol. The summed E-state index contributed by atoms with van der Waals surface area (Å²) in [5.41, 5.74) is -0.943. The highest BCUT2D eigenvalue weighted by molar-refractivity contribution is 5.17. The minimum absolute atomic E-state index is 0.0855. The number of halogens is 3. The molecule has 3 nitrogen and oxygen atoms in total. The Labute approximate surface area is 66.7 Å². The average Bonchev–Trinajstić information content (AvgIpc) is 2.29. The van der Waals surface area contributed by atoms with Crippen LogP contribution in [0, 0.1) is 0 Å². The normalized spacial score (nSPS) is 11.8. The minimum Gasteiger partial charge on any atom is -0.481 e. The first-order valence-corrected chi connectivity index (χ1v) is 3.10. The Kier molecular flexibility index (Phi) is 1.99. The van der Waals surface area contributed by atoms with E-state index in [9.17, 15) is 13.2 Å². The predicted octanol–water partition coefficient (Wildman–Crippen LogP) is 1.45. The lowest BCUT2D eigenvalue weighted by Gasteiger charge is -1.98. The molecule has 0 bridgehead atoms. The minimum atomic E-state index is -4.41. The molecule has 1 aromatic heterocycles. The van der Waals surface area contributed by atoms with Crippen molar-refractivity contribution in [1.82, 2.24) is 9.78 Å². The van der Waals surface area contributed by atoms with Gasteiger partial charge in [-0.25, -0.2) is 4.68 Å². The van der Waals surface area contributed by atoms with Crippen LogP contribution in [0.1, 0.15) is 5.69 Å². The Bertz CT molecular complexity index is 279. The summed E-state index contributed by atoms with van der Waals surface area (Å²) in [6.45, 7) is 0. The number of hydrogen-bond acceptors (Lipinski definition) is 2. The maximum absolute atomic E-state index is 12.0. The average molecular weight is 180 g/mol. The fraction of sp³-hybridized carbons (Fsp3) is 0.500. The van der Waals surface area contributed by atoms with Crippen molar-refractivity contribution in [3.05, 3.63) is 11.8 Å². The molecule has 0 aromatic carbocycles. The molecule has 0 atom stereocenters. The molecule has 0 fully saturated rings. The van der Waals surface area contributed by atoms with E-state index in [4.69, 9.17) is 0 Å². The van der Waals surface area contributed by atoms with Crippen molar-refractivity contribution >= 4 is 0 Å². The van der Waals surface area contributed by atoms with Crippen LogP contribution in [0.5, 0.6) is 5.88 Å². The first-order valence-electron chi connectivity index (χ1n) is 3.10. The standard InChI is InChI=1S/C6H7F3N2O/c1-11-5(12-2)3-4(10-11)6(7,8)9/h3H,1-2H3. The first kappa shape index (κ1) is 8.89. The van der Waals surface area contributed by atoms with Crippen molar-refractivity contribution in [2.45, 2.75) is 6.18 Å². The van der Waals surface area contributed by atoms with E-state index in [2.05, 4.69) is 9.84 Å². The van der Waals surface area contributed by atoms with Crippen molar-refractivity contribution in [1.29, 1.82) is 0 Å². The van der Waals surface area contributed by atoms with Gasteiger partial charge in [0, 0.05) is 13.1 Å². The maximum Gasteiger partial charge on any atom is 0.435 e. The number of ether oxygens (including phenoxy) is 1. The molecule has 0 aliphatic carbocycles. The Hall–Kier alpha value is -1.20. The van der Waals surface area contributed by atoms with Gasteiger partial charge in [-0.05, 0) is 0 Å². The van der Waals surface area contributed by atoms with Crippen LogP contribution in [0.25, 0.3) is 0 Å². The highest BCUT2D eigenvalue weighted by Gasteiger charge is 2.34. The van der Waals surface area contributed by atoms with E-state index in [1.807, 2.05) is 0 Å². The third-order valence-corrected chi connectivity index (χ3v) is 1.34. The summed E-state index contributed by atoms with van der Waals surface area (Å²) < 4.78 is 41.6. The van der Waals surface area contributed by atoms with Crippen molar-refractivity contribution in [2.24, 2.45) is 7.05 Å². The Balaban J connectivity index is 3.05. The number of nitrogens with zero attached hydrogens (tertiary/aromatic N) is 2. The van der Waals surface area contributed by atoms with Gasteiger partial charge in [-0.1, -0.05) is 0 Å². The third-order valence-electron chi connectivity index (χ3n) is 1.34. The summed E-state index contributed by atoms with van der Waals surface area (Å²) in [5, 5.41) is 3.22. The molecule has 0 saturated carbocycles. The fourth-order valence-electron chi connectivity index (χ4n) is 0.780. The lowest BCUT2D eigenvalue weighted by atomic mass is 10.4. The zero-order valence-corrected chi connectivity index (χ0v) is 6.51. The van der Waals surface area contributed by atoms with E-state index in [1.165, 1.54) is 14.2 Å². The lowest BCUT2D eigenvalue weighted by Crippen LogP contribution is -2.06. The molecule has 1 rings (SSSR count). The van der Waals surface area contributed by atoms with Gasteiger partial charge in [0.25, 0.3) is 0 Å². The molecule has 0 aliphatic heterocycles. The molecule has 1 heterocycles. The van der Waals surface area contributed by atoms with Gasteiger partial charge in [0.1, 0.15) is 0 Å².